The van der Waals surface area contributed by atoms with Gasteiger partial charge < -0.3 is 14.7 Å². The number of amides is 1. The van der Waals surface area contributed by atoms with Crippen molar-refractivity contribution in [2.24, 2.45) is 0 Å². The smallest absolute Gasteiger partial charge is 0.328 e. The standard InChI is InChI=1S/C13H13Cl2NO4/c14-9-2-1-3-10(15)8(9)6-12(17)16-4-5-20-7-11(16)13(18)19/h1-3,11H,4-7H2,(H,18,19). The molecule has 0 radical (unpaired) electrons. The van der Waals surface area contributed by atoms with Gasteiger partial charge in [-0.1, -0.05) is 29.3 Å². The van der Waals surface area contributed by atoms with E-state index in [0.717, 1.165) is 0 Å². The number of nitrogens with zero attached hydrogens (tertiary/aromatic N) is 1. The number of carboxylic acid groups (broad SMARTS) is 1. The Balaban J connectivity index is 2.16. The van der Waals surface area contributed by atoms with Gasteiger partial charge in [-0.25, -0.2) is 4.79 Å². The maximum Gasteiger partial charge on any atom is 0.328 e. The number of benzene rings is 1. The highest BCUT2D eigenvalue weighted by atomic mass is 35.5. The number of aliphatic carboxylic acids is 1. The number of carbonyl (C=O) groups excluding carboxylic acids is 1. The van der Waals surface area contributed by atoms with Gasteiger partial charge in [-0.2, -0.15) is 0 Å². The summed E-state index contributed by atoms with van der Waals surface area (Å²) in [5.41, 5.74) is 0.511. The van der Waals surface area contributed by atoms with Gasteiger partial charge in [0.25, 0.3) is 0 Å². The van der Waals surface area contributed by atoms with Crippen LogP contribution in [-0.2, 0) is 20.7 Å². The van der Waals surface area contributed by atoms with Crippen LogP contribution in [0.25, 0.3) is 0 Å². The Labute approximate surface area is 126 Å². The lowest BCUT2D eigenvalue weighted by atomic mass is 10.1. The summed E-state index contributed by atoms with van der Waals surface area (Å²) in [6.45, 7) is 0.570. The Morgan fingerprint density at radius 1 is 1.35 bits per heavy atom. The summed E-state index contributed by atoms with van der Waals surface area (Å²) in [4.78, 5) is 24.7. The first kappa shape index (κ1) is 15.1. The molecule has 0 aliphatic carbocycles. The van der Waals surface area contributed by atoms with E-state index in [4.69, 9.17) is 33.0 Å². The van der Waals surface area contributed by atoms with E-state index in [0.29, 0.717) is 22.2 Å². The van der Waals surface area contributed by atoms with E-state index >= 15 is 0 Å². The molecule has 0 bridgehead atoms. The highest BCUT2D eigenvalue weighted by molar-refractivity contribution is 6.36. The molecule has 1 aromatic rings. The van der Waals surface area contributed by atoms with Gasteiger partial charge in [-0.15, -0.1) is 0 Å². The number of carbonyl (C=O) groups is 2. The fraction of sp³-hybridized carbons (Fsp3) is 0.385. The third-order valence-electron chi connectivity index (χ3n) is 3.12. The highest BCUT2D eigenvalue weighted by Gasteiger charge is 2.32. The summed E-state index contributed by atoms with van der Waals surface area (Å²) in [6.07, 6.45) is -0.0255. The second kappa shape index (κ2) is 6.43. The topological polar surface area (TPSA) is 66.8 Å². The van der Waals surface area contributed by atoms with Gasteiger partial charge in [-0.05, 0) is 17.7 Å². The van der Waals surface area contributed by atoms with E-state index in [-0.39, 0.29) is 25.5 Å². The first-order chi connectivity index (χ1) is 9.50. The molecule has 5 nitrogen and oxygen atoms in total. The average Bonchev–Trinajstić information content (AvgIpc) is 2.43. The molecule has 1 unspecified atom stereocenters. The maximum absolute atomic E-state index is 12.3. The van der Waals surface area contributed by atoms with Crippen molar-refractivity contribution in [3.05, 3.63) is 33.8 Å². The molecule has 2 rings (SSSR count). The lowest BCUT2D eigenvalue weighted by molar-refractivity contribution is -0.158. The summed E-state index contributed by atoms with van der Waals surface area (Å²) < 4.78 is 5.09. The number of ether oxygens (including phenoxy) is 1. The van der Waals surface area contributed by atoms with Gasteiger partial charge >= 0.3 is 5.97 Å². The van der Waals surface area contributed by atoms with Crippen LogP contribution >= 0.6 is 23.2 Å². The van der Waals surface area contributed by atoms with Crippen LogP contribution in [0, 0.1) is 0 Å². The fourth-order valence-corrected chi connectivity index (χ4v) is 2.59. The summed E-state index contributed by atoms with van der Waals surface area (Å²) in [5, 5.41) is 9.90. The molecule has 0 spiro atoms. The first-order valence-electron chi connectivity index (χ1n) is 6.03. The van der Waals surface area contributed by atoms with Crippen LogP contribution in [0.4, 0.5) is 0 Å². The second-order valence-electron chi connectivity index (χ2n) is 4.39. The van der Waals surface area contributed by atoms with Gasteiger partial charge in [-0.3, -0.25) is 4.79 Å². The number of morpholine rings is 1. The molecule has 1 N–H and O–H groups in total. The van der Waals surface area contributed by atoms with E-state index in [1.54, 1.807) is 18.2 Å². The van der Waals surface area contributed by atoms with Crippen LogP contribution < -0.4 is 0 Å². The van der Waals surface area contributed by atoms with Gasteiger partial charge in [0.1, 0.15) is 0 Å². The van der Waals surface area contributed by atoms with E-state index in [9.17, 15) is 9.59 Å². The van der Waals surface area contributed by atoms with Gasteiger partial charge in [0, 0.05) is 16.6 Å². The molecule has 1 saturated heterocycles. The van der Waals surface area contributed by atoms with Crippen molar-refractivity contribution >= 4 is 35.1 Å². The Hall–Kier alpha value is -1.30. The quantitative estimate of drug-likeness (QED) is 0.923. The van der Waals surface area contributed by atoms with E-state index in [2.05, 4.69) is 0 Å². The molecule has 1 aliphatic rings. The summed E-state index contributed by atoms with van der Waals surface area (Å²) in [5.74, 6) is -1.40. The van der Waals surface area contributed by atoms with Gasteiger partial charge in [0.2, 0.25) is 5.91 Å². The number of halogens is 2. The molecule has 1 heterocycles. The second-order valence-corrected chi connectivity index (χ2v) is 5.21. The summed E-state index contributed by atoms with van der Waals surface area (Å²) >= 11 is 12.0. The molecule has 0 aromatic heterocycles. The predicted octanol–water partition coefficient (Wildman–Crippen LogP) is 1.85. The monoisotopic (exact) mass is 317 g/mol. The van der Waals surface area contributed by atoms with Crippen molar-refractivity contribution in [2.45, 2.75) is 12.5 Å². The van der Waals surface area contributed by atoms with Crippen LogP contribution in [0.1, 0.15) is 5.56 Å². The minimum absolute atomic E-state index is 0.00265. The van der Waals surface area contributed by atoms with Crippen LogP contribution in [0.3, 0.4) is 0 Å². The van der Waals surface area contributed by atoms with Crippen molar-refractivity contribution in [1.29, 1.82) is 0 Å². The lowest BCUT2D eigenvalue weighted by Gasteiger charge is -2.33. The molecule has 1 aromatic carbocycles. The fourth-order valence-electron chi connectivity index (χ4n) is 2.06. The van der Waals surface area contributed by atoms with Crippen LogP contribution in [-0.4, -0.2) is 47.7 Å². The SMILES string of the molecule is O=C(O)C1COCCN1C(=O)Cc1c(Cl)cccc1Cl. The highest BCUT2D eigenvalue weighted by Crippen LogP contribution is 2.25. The zero-order valence-electron chi connectivity index (χ0n) is 10.5. The number of carboxylic acids is 1. The Kier molecular flexibility index (Phi) is 4.86. The zero-order valence-corrected chi connectivity index (χ0v) is 12.0. The predicted molar refractivity (Wildman–Crippen MR) is 74.1 cm³/mol. The molecule has 108 valence electrons. The number of hydrogen-bond donors (Lipinski definition) is 1. The van der Waals surface area contributed by atoms with Gasteiger partial charge in [0.05, 0.1) is 19.6 Å². The van der Waals surface area contributed by atoms with Crippen molar-refractivity contribution in [3.63, 3.8) is 0 Å². The molecule has 0 saturated carbocycles. The van der Waals surface area contributed by atoms with E-state index in [1.807, 2.05) is 0 Å². The molecule has 1 aliphatic heterocycles. The van der Waals surface area contributed by atoms with Gasteiger partial charge in [0.15, 0.2) is 6.04 Å². The zero-order chi connectivity index (χ0) is 14.7. The van der Waals surface area contributed by atoms with Crippen molar-refractivity contribution in [2.75, 3.05) is 19.8 Å². The van der Waals surface area contributed by atoms with Crippen LogP contribution in [0.2, 0.25) is 10.0 Å². The van der Waals surface area contributed by atoms with E-state index in [1.165, 1.54) is 4.90 Å². The molecular weight excluding hydrogens is 305 g/mol. The number of rotatable bonds is 3. The minimum Gasteiger partial charge on any atom is -0.480 e. The van der Waals surface area contributed by atoms with Crippen LogP contribution in [0.15, 0.2) is 18.2 Å². The Bertz CT molecular complexity index is 515. The molecule has 1 atom stereocenters. The number of hydrogen-bond acceptors (Lipinski definition) is 3. The Morgan fingerprint density at radius 2 is 2.00 bits per heavy atom. The molecule has 1 fully saturated rings. The van der Waals surface area contributed by atoms with Crippen molar-refractivity contribution in [1.82, 2.24) is 4.90 Å². The maximum atomic E-state index is 12.3. The van der Waals surface area contributed by atoms with E-state index < -0.39 is 12.0 Å². The molecule has 7 heteroatoms. The Morgan fingerprint density at radius 3 is 2.60 bits per heavy atom. The first-order valence-corrected chi connectivity index (χ1v) is 6.79. The summed E-state index contributed by atoms with van der Waals surface area (Å²) in [7, 11) is 0. The lowest BCUT2D eigenvalue weighted by Crippen LogP contribution is -2.53. The average molecular weight is 318 g/mol. The van der Waals surface area contributed by atoms with Crippen molar-refractivity contribution < 1.29 is 19.4 Å². The normalized spacial score (nSPS) is 18.9. The molecule has 20 heavy (non-hydrogen) atoms. The molecule has 1 amide bonds. The largest absolute Gasteiger partial charge is 0.480 e. The third kappa shape index (κ3) is 3.23. The molecular formula is C13H13Cl2NO4. The van der Waals surface area contributed by atoms with Crippen LogP contribution in [0.5, 0.6) is 0 Å². The summed E-state index contributed by atoms with van der Waals surface area (Å²) in [6, 6.07) is 4.01. The minimum atomic E-state index is -1.08. The third-order valence-corrected chi connectivity index (χ3v) is 3.83. The van der Waals surface area contributed by atoms with Crippen molar-refractivity contribution in [3.8, 4) is 0 Å².